The molecule has 0 unspecified atom stereocenters. The van der Waals surface area contributed by atoms with E-state index in [1.807, 2.05) is 11.1 Å². The third kappa shape index (κ3) is 4.10. The van der Waals surface area contributed by atoms with Crippen LogP contribution in [0, 0.1) is 11.7 Å². The van der Waals surface area contributed by atoms with Crippen molar-refractivity contribution in [3.63, 3.8) is 0 Å². The van der Waals surface area contributed by atoms with E-state index in [1.165, 1.54) is 11.6 Å². The van der Waals surface area contributed by atoms with E-state index in [4.69, 9.17) is 0 Å². The van der Waals surface area contributed by atoms with E-state index in [1.54, 1.807) is 12.1 Å². The van der Waals surface area contributed by atoms with E-state index >= 15 is 0 Å². The summed E-state index contributed by atoms with van der Waals surface area (Å²) in [7, 11) is 0. The van der Waals surface area contributed by atoms with Crippen molar-refractivity contribution < 1.29 is 9.18 Å². The summed E-state index contributed by atoms with van der Waals surface area (Å²) >= 11 is 0. The van der Waals surface area contributed by atoms with Crippen LogP contribution in [0.25, 0.3) is 10.9 Å². The Balaban J connectivity index is 1.38. The van der Waals surface area contributed by atoms with Gasteiger partial charge in [-0.3, -0.25) is 4.79 Å². The van der Waals surface area contributed by atoms with Crippen LogP contribution in [0.1, 0.15) is 24.8 Å². The Hall–Kier alpha value is -1.88. The van der Waals surface area contributed by atoms with Crippen molar-refractivity contribution in [1.82, 2.24) is 15.2 Å². The van der Waals surface area contributed by atoms with Crippen molar-refractivity contribution in [3.8, 4) is 0 Å². The van der Waals surface area contributed by atoms with Gasteiger partial charge >= 0.3 is 0 Å². The summed E-state index contributed by atoms with van der Waals surface area (Å²) in [5.41, 5.74) is 2.18. The van der Waals surface area contributed by atoms with Crippen LogP contribution in [0.5, 0.6) is 0 Å². The fraction of sp³-hybridized carbons (Fsp3) is 0.500. The Kier molecular flexibility index (Phi) is 5.28. The summed E-state index contributed by atoms with van der Waals surface area (Å²) in [6.45, 7) is 3.76. The lowest BCUT2D eigenvalue weighted by atomic mass is 9.97. The third-order valence-electron chi connectivity index (χ3n) is 4.76. The molecule has 2 heterocycles. The first kappa shape index (κ1) is 16.0. The van der Waals surface area contributed by atoms with E-state index < -0.39 is 0 Å². The predicted molar refractivity (Wildman–Crippen MR) is 89.8 cm³/mol. The number of aryl methyl sites for hydroxylation is 1. The zero-order chi connectivity index (χ0) is 16.1. The number of nitrogens with one attached hydrogen (secondary N) is 2. The maximum Gasteiger partial charge on any atom is 0.209 e. The van der Waals surface area contributed by atoms with E-state index in [0.29, 0.717) is 5.92 Å². The Morgan fingerprint density at radius 2 is 2.17 bits per heavy atom. The average molecular weight is 317 g/mol. The number of amides is 1. The van der Waals surface area contributed by atoms with Crippen LogP contribution in [-0.4, -0.2) is 42.5 Å². The number of aromatic nitrogens is 1. The lowest BCUT2D eigenvalue weighted by Gasteiger charge is -2.29. The Labute approximate surface area is 136 Å². The molecule has 1 aliphatic rings. The summed E-state index contributed by atoms with van der Waals surface area (Å²) in [5.74, 6) is 0.492. The van der Waals surface area contributed by atoms with Gasteiger partial charge in [-0.05, 0) is 68.5 Å². The number of benzene rings is 1. The second kappa shape index (κ2) is 7.59. The fourth-order valence-corrected chi connectivity index (χ4v) is 3.33. The Bertz CT molecular complexity index is 647. The minimum Gasteiger partial charge on any atom is -0.361 e. The summed E-state index contributed by atoms with van der Waals surface area (Å²) in [5, 5.41) is 4.51. The molecule has 4 nitrogen and oxygen atoms in total. The molecule has 124 valence electrons. The minimum absolute atomic E-state index is 0.182. The lowest BCUT2D eigenvalue weighted by molar-refractivity contribution is -0.119. The molecule has 23 heavy (non-hydrogen) atoms. The number of H-pyrrole nitrogens is 1. The number of halogens is 1. The molecule has 0 saturated carbocycles. The molecule has 0 bridgehead atoms. The number of rotatable bonds is 7. The first-order valence-electron chi connectivity index (χ1n) is 8.42. The Morgan fingerprint density at radius 3 is 2.96 bits per heavy atom. The second-order valence-electron chi connectivity index (χ2n) is 6.40. The molecule has 2 aromatic rings. The van der Waals surface area contributed by atoms with Crippen molar-refractivity contribution in [3.05, 3.63) is 35.8 Å². The van der Waals surface area contributed by atoms with E-state index in [0.717, 1.165) is 69.2 Å². The zero-order valence-corrected chi connectivity index (χ0v) is 13.4. The lowest BCUT2D eigenvalue weighted by Crippen LogP contribution is -2.36. The van der Waals surface area contributed by atoms with Gasteiger partial charge in [0.2, 0.25) is 6.41 Å². The Morgan fingerprint density at radius 1 is 1.35 bits per heavy atom. The number of carbonyl (C=O) groups excluding carboxylic acids is 1. The number of likely N-dealkylation sites (tertiary alicyclic amines) is 1. The number of carbonyl (C=O) groups is 1. The molecular formula is C18H24FN3O. The van der Waals surface area contributed by atoms with Gasteiger partial charge in [-0.25, -0.2) is 4.39 Å². The predicted octanol–water partition coefficient (Wildman–Crippen LogP) is 2.70. The highest BCUT2D eigenvalue weighted by atomic mass is 19.1. The molecular weight excluding hydrogens is 293 g/mol. The number of piperidine rings is 1. The molecule has 3 rings (SSSR count). The van der Waals surface area contributed by atoms with Gasteiger partial charge in [-0.15, -0.1) is 0 Å². The number of fused-ring (bicyclic) bond motifs is 1. The first-order chi connectivity index (χ1) is 11.3. The molecule has 1 aromatic carbocycles. The van der Waals surface area contributed by atoms with E-state index in [9.17, 15) is 9.18 Å². The fourth-order valence-electron chi connectivity index (χ4n) is 3.33. The standard InChI is InChI=1S/C18H24FN3O/c19-16-3-4-18-17(10-16)15(12-21-18)2-1-7-20-11-14-5-8-22(13-23)9-6-14/h3-4,10,12-14,20-21H,1-2,5-9,11H2. The van der Waals surface area contributed by atoms with Gasteiger partial charge in [-0.2, -0.15) is 0 Å². The number of hydrogen-bond acceptors (Lipinski definition) is 2. The molecule has 0 atom stereocenters. The summed E-state index contributed by atoms with van der Waals surface area (Å²) in [6, 6.07) is 4.88. The van der Waals surface area contributed by atoms with Crippen LogP contribution in [0.3, 0.4) is 0 Å². The normalized spacial score (nSPS) is 16.1. The number of hydrogen-bond donors (Lipinski definition) is 2. The van der Waals surface area contributed by atoms with Crippen LogP contribution in [0.15, 0.2) is 24.4 Å². The smallest absolute Gasteiger partial charge is 0.209 e. The highest BCUT2D eigenvalue weighted by Gasteiger charge is 2.17. The molecule has 5 heteroatoms. The molecule has 1 aliphatic heterocycles. The number of nitrogens with zero attached hydrogens (tertiary/aromatic N) is 1. The quantitative estimate of drug-likeness (QED) is 0.609. The number of aromatic amines is 1. The van der Waals surface area contributed by atoms with E-state index in [2.05, 4.69) is 10.3 Å². The summed E-state index contributed by atoms with van der Waals surface area (Å²) in [6.07, 6.45) is 7.10. The van der Waals surface area contributed by atoms with Gasteiger partial charge < -0.3 is 15.2 Å². The maximum absolute atomic E-state index is 13.3. The highest BCUT2D eigenvalue weighted by molar-refractivity contribution is 5.83. The van der Waals surface area contributed by atoms with Crippen LogP contribution < -0.4 is 5.32 Å². The molecule has 0 radical (unpaired) electrons. The molecule has 1 aromatic heterocycles. The van der Waals surface area contributed by atoms with Gasteiger partial charge in [0.15, 0.2) is 0 Å². The summed E-state index contributed by atoms with van der Waals surface area (Å²) in [4.78, 5) is 15.7. The van der Waals surface area contributed by atoms with Crippen molar-refractivity contribution in [1.29, 1.82) is 0 Å². The van der Waals surface area contributed by atoms with Gasteiger partial charge in [0, 0.05) is 30.2 Å². The molecule has 2 N–H and O–H groups in total. The van der Waals surface area contributed by atoms with Crippen LogP contribution in [-0.2, 0) is 11.2 Å². The average Bonchev–Trinajstić information content (AvgIpc) is 2.97. The molecule has 1 amide bonds. The first-order valence-corrected chi connectivity index (χ1v) is 8.42. The second-order valence-corrected chi connectivity index (χ2v) is 6.40. The molecule has 0 aliphatic carbocycles. The molecule has 1 saturated heterocycles. The summed E-state index contributed by atoms with van der Waals surface area (Å²) < 4.78 is 13.3. The van der Waals surface area contributed by atoms with Crippen molar-refractivity contribution in [2.24, 2.45) is 5.92 Å². The van der Waals surface area contributed by atoms with Crippen molar-refractivity contribution in [2.75, 3.05) is 26.2 Å². The van der Waals surface area contributed by atoms with Crippen LogP contribution >= 0.6 is 0 Å². The SMILES string of the molecule is O=CN1CCC(CNCCCc2c[nH]c3ccc(F)cc23)CC1. The monoisotopic (exact) mass is 317 g/mol. The molecule has 0 spiro atoms. The van der Waals surface area contributed by atoms with Gasteiger partial charge in [0.25, 0.3) is 0 Å². The van der Waals surface area contributed by atoms with E-state index in [-0.39, 0.29) is 5.82 Å². The van der Waals surface area contributed by atoms with Crippen LogP contribution in [0.4, 0.5) is 4.39 Å². The highest BCUT2D eigenvalue weighted by Crippen LogP contribution is 2.20. The van der Waals surface area contributed by atoms with Gasteiger partial charge in [0.05, 0.1) is 0 Å². The topological polar surface area (TPSA) is 48.1 Å². The van der Waals surface area contributed by atoms with Gasteiger partial charge in [0.1, 0.15) is 5.82 Å². The minimum atomic E-state index is -0.182. The third-order valence-corrected chi connectivity index (χ3v) is 4.76. The zero-order valence-electron chi connectivity index (χ0n) is 13.4. The maximum atomic E-state index is 13.3. The van der Waals surface area contributed by atoms with Crippen molar-refractivity contribution >= 4 is 17.3 Å². The van der Waals surface area contributed by atoms with Crippen LogP contribution in [0.2, 0.25) is 0 Å². The molecule has 1 fully saturated rings. The van der Waals surface area contributed by atoms with Crippen molar-refractivity contribution in [2.45, 2.75) is 25.7 Å². The van der Waals surface area contributed by atoms with Gasteiger partial charge in [-0.1, -0.05) is 0 Å². The largest absolute Gasteiger partial charge is 0.361 e.